The van der Waals surface area contributed by atoms with Crippen molar-refractivity contribution < 1.29 is 22.7 Å². The van der Waals surface area contributed by atoms with Gasteiger partial charge in [-0.05, 0) is 37.3 Å². The number of carbonyl (C=O) groups excluding carboxylic acids is 1. The summed E-state index contributed by atoms with van der Waals surface area (Å²) < 4.78 is 38.6. The lowest BCUT2D eigenvalue weighted by atomic mass is 10.2. The number of rotatable bonds is 9. The van der Waals surface area contributed by atoms with Crippen LogP contribution in [-0.2, 0) is 14.8 Å². The van der Waals surface area contributed by atoms with Crippen molar-refractivity contribution in [1.29, 1.82) is 0 Å². The van der Waals surface area contributed by atoms with Gasteiger partial charge in [0.15, 0.2) is 0 Å². The van der Waals surface area contributed by atoms with E-state index in [1.807, 2.05) is 6.92 Å². The smallest absolute Gasteiger partial charge is 0.264 e. The summed E-state index contributed by atoms with van der Waals surface area (Å²) in [5.74, 6) is 0.0780. The van der Waals surface area contributed by atoms with Crippen molar-refractivity contribution in [1.82, 2.24) is 10.4 Å². The molecular formula is C23H24N4O5S. The van der Waals surface area contributed by atoms with E-state index in [0.717, 1.165) is 9.87 Å². The van der Waals surface area contributed by atoms with Gasteiger partial charge in [-0.15, -0.1) is 0 Å². The minimum atomic E-state index is -4.11. The Morgan fingerprint density at radius 2 is 1.88 bits per heavy atom. The number of sulfonamides is 1. The van der Waals surface area contributed by atoms with Gasteiger partial charge in [0.1, 0.15) is 18.0 Å². The van der Waals surface area contributed by atoms with Crippen molar-refractivity contribution in [2.45, 2.75) is 11.8 Å². The summed E-state index contributed by atoms with van der Waals surface area (Å²) in [6.07, 6.45) is 4.61. The standard InChI is InChI=1S/C23H24N4O5S/c1-17-6-9-20(10-7-17)33(29,30)27(21-11-8-19(31-2)13-22(21)32-3)16-23(28)26-25-15-18-5-4-12-24-14-18/h4-15H,16H2,1-3H3,(H,26,28)/b25-15-. The molecule has 0 aliphatic rings. The Morgan fingerprint density at radius 3 is 2.52 bits per heavy atom. The van der Waals surface area contributed by atoms with Crippen LogP contribution < -0.4 is 19.2 Å². The number of nitrogens with zero attached hydrogens (tertiary/aromatic N) is 3. The Morgan fingerprint density at radius 1 is 1.12 bits per heavy atom. The number of aromatic nitrogens is 1. The summed E-state index contributed by atoms with van der Waals surface area (Å²) in [5, 5.41) is 3.89. The number of aryl methyl sites for hydroxylation is 1. The highest BCUT2D eigenvalue weighted by Crippen LogP contribution is 2.35. The first kappa shape index (κ1) is 23.7. The van der Waals surface area contributed by atoms with Gasteiger partial charge in [-0.25, -0.2) is 13.8 Å². The molecule has 0 unspecified atom stereocenters. The highest BCUT2D eigenvalue weighted by molar-refractivity contribution is 7.92. The molecule has 0 radical (unpaired) electrons. The molecule has 0 bridgehead atoms. The van der Waals surface area contributed by atoms with E-state index >= 15 is 0 Å². The van der Waals surface area contributed by atoms with Crippen molar-refractivity contribution in [3.63, 3.8) is 0 Å². The minimum Gasteiger partial charge on any atom is -0.497 e. The molecule has 0 saturated heterocycles. The monoisotopic (exact) mass is 468 g/mol. The largest absolute Gasteiger partial charge is 0.497 e. The normalized spacial score (nSPS) is 11.2. The molecular weight excluding hydrogens is 444 g/mol. The van der Waals surface area contributed by atoms with E-state index in [1.54, 1.807) is 48.8 Å². The topological polar surface area (TPSA) is 110 Å². The zero-order valence-electron chi connectivity index (χ0n) is 18.4. The third kappa shape index (κ3) is 5.86. The molecule has 0 saturated carbocycles. The van der Waals surface area contributed by atoms with E-state index in [-0.39, 0.29) is 16.3 Å². The Hall–Kier alpha value is -3.92. The lowest BCUT2D eigenvalue weighted by molar-refractivity contribution is -0.119. The number of nitrogens with one attached hydrogen (secondary N) is 1. The summed E-state index contributed by atoms with van der Waals surface area (Å²) in [6.45, 7) is 1.33. The average molecular weight is 469 g/mol. The number of benzene rings is 2. The number of methoxy groups -OCH3 is 2. The molecule has 9 nitrogen and oxygen atoms in total. The number of amides is 1. The molecule has 33 heavy (non-hydrogen) atoms. The molecule has 0 fully saturated rings. The molecule has 1 aromatic heterocycles. The number of hydrogen-bond donors (Lipinski definition) is 1. The van der Waals surface area contributed by atoms with Gasteiger partial charge in [-0.1, -0.05) is 23.8 Å². The van der Waals surface area contributed by atoms with Crippen molar-refractivity contribution in [3.05, 3.63) is 78.1 Å². The Labute approximate surface area is 192 Å². The second-order valence-electron chi connectivity index (χ2n) is 6.94. The summed E-state index contributed by atoms with van der Waals surface area (Å²) in [7, 11) is -1.21. The fourth-order valence-corrected chi connectivity index (χ4v) is 4.36. The fourth-order valence-electron chi connectivity index (χ4n) is 2.92. The molecule has 2 aromatic carbocycles. The molecule has 0 atom stereocenters. The predicted octanol–water partition coefficient (Wildman–Crippen LogP) is 2.75. The van der Waals surface area contributed by atoms with E-state index in [0.29, 0.717) is 11.3 Å². The molecule has 1 N–H and O–H groups in total. The third-order valence-corrected chi connectivity index (χ3v) is 6.41. The van der Waals surface area contributed by atoms with Crippen LogP contribution in [0.4, 0.5) is 5.69 Å². The van der Waals surface area contributed by atoms with Gasteiger partial charge < -0.3 is 9.47 Å². The number of ether oxygens (including phenoxy) is 2. The van der Waals surface area contributed by atoms with Gasteiger partial charge in [-0.3, -0.25) is 14.1 Å². The molecule has 172 valence electrons. The SMILES string of the molecule is COc1ccc(N(CC(=O)N/N=C\c2cccnc2)S(=O)(=O)c2ccc(C)cc2)c(OC)c1. The molecule has 0 aliphatic carbocycles. The van der Waals surface area contributed by atoms with Gasteiger partial charge >= 0.3 is 0 Å². The Bertz CT molecular complexity index is 1230. The number of carbonyl (C=O) groups is 1. The van der Waals surface area contributed by atoms with Crippen molar-refractivity contribution >= 4 is 27.8 Å². The highest BCUT2D eigenvalue weighted by Gasteiger charge is 2.29. The fraction of sp³-hybridized carbons (Fsp3) is 0.174. The summed E-state index contributed by atoms with van der Waals surface area (Å²) in [4.78, 5) is 16.7. The quantitative estimate of drug-likeness (QED) is 0.382. The number of anilines is 1. The molecule has 0 spiro atoms. The van der Waals surface area contributed by atoms with Crippen LogP contribution in [0.3, 0.4) is 0 Å². The molecule has 10 heteroatoms. The van der Waals surface area contributed by atoms with E-state index in [9.17, 15) is 13.2 Å². The number of pyridine rings is 1. The molecule has 0 aliphatic heterocycles. The van der Waals surface area contributed by atoms with Crippen LogP contribution in [0.2, 0.25) is 0 Å². The van der Waals surface area contributed by atoms with E-state index in [4.69, 9.17) is 9.47 Å². The summed E-state index contributed by atoms with van der Waals surface area (Å²) in [6, 6.07) is 14.5. The lowest BCUT2D eigenvalue weighted by Crippen LogP contribution is -2.39. The van der Waals surface area contributed by atoms with Crippen molar-refractivity contribution in [2.75, 3.05) is 25.1 Å². The zero-order chi connectivity index (χ0) is 23.8. The first-order chi connectivity index (χ1) is 15.8. The summed E-state index contributed by atoms with van der Waals surface area (Å²) >= 11 is 0. The maximum atomic E-state index is 13.5. The second kappa shape index (κ2) is 10.6. The van der Waals surface area contributed by atoms with E-state index in [1.165, 1.54) is 38.6 Å². The maximum absolute atomic E-state index is 13.5. The zero-order valence-corrected chi connectivity index (χ0v) is 19.2. The highest BCUT2D eigenvalue weighted by atomic mass is 32.2. The van der Waals surface area contributed by atoms with E-state index < -0.39 is 22.5 Å². The first-order valence-corrected chi connectivity index (χ1v) is 11.3. The van der Waals surface area contributed by atoms with Crippen LogP contribution in [0.5, 0.6) is 11.5 Å². The summed E-state index contributed by atoms with van der Waals surface area (Å²) in [5.41, 5.74) is 4.13. The Kier molecular flexibility index (Phi) is 7.62. The van der Waals surface area contributed by atoms with Gasteiger partial charge in [0.05, 0.1) is 31.0 Å². The van der Waals surface area contributed by atoms with Crippen LogP contribution in [0.15, 0.2) is 77.0 Å². The van der Waals surface area contributed by atoms with Gasteiger partial charge in [-0.2, -0.15) is 5.10 Å². The van der Waals surface area contributed by atoms with Crippen LogP contribution in [0, 0.1) is 6.92 Å². The molecule has 3 rings (SSSR count). The van der Waals surface area contributed by atoms with Crippen LogP contribution >= 0.6 is 0 Å². The first-order valence-electron chi connectivity index (χ1n) is 9.88. The molecule has 3 aromatic rings. The molecule has 1 amide bonds. The van der Waals surface area contributed by atoms with Gasteiger partial charge in [0, 0.05) is 24.0 Å². The van der Waals surface area contributed by atoms with Crippen LogP contribution in [0.1, 0.15) is 11.1 Å². The van der Waals surface area contributed by atoms with Crippen LogP contribution in [0.25, 0.3) is 0 Å². The number of hydrogen-bond acceptors (Lipinski definition) is 7. The molecule has 1 heterocycles. The second-order valence-corrected chi connectivity index (χ2v) is 8.80. The number of hydrazone groups is 1. The lowest BCUT2D eigenvalue weighted by Gasteiger charge is -2.25. The predicted molar refractivity (Wildman–Crippen MR) is 125 cm³/mol. The van der Waals surface area contributed by atoms with Gasteiger partial charge in [0.25, 0.3) is 15.9 Å². The Balaban J connectivity index is 1.94. The van der Waals surface area contributed by atoms with Crippen molar-refractivity contribution in [2.24, 2.45) is 5.10 Å². The van der Waals surface area contributed by atoms with Crippen molar-refractivity contribution in [3.8, 4) is 11.5 Å². The minimum absolute atomic E-state index is 0.0395. The van der Waals surface area contributed by atoms with Crippen LogP contribution in [-0.4, -0.2) is 46.3 Å². The van der Waals surface area contributed by atoms with Gasteiger partial charge in [0.2, 0.25) is 0 Å². The van der Waals surface area contributed by atoms with E-state index in [2.05, 4.69) is 15.5 Å². The average Bonchev–Trinajstić information content (AvgIpc) is 2.83. The third-order valence-electron chi connectivity index (χ3n) is 4.64. The maximum Gasteiger partial charge on any atom is 0.264 e.